The first-order chi connectivity index (χ1) is 8.83. The number of unbranched alkanes of at least 4 members (excludes halogenated alkanes) is 2. The highest BCUT2D eigenvalue weighted by molar-refractivity contribution is 7.20. The molecule has 0 unspecified atom stereocenters. The van der Waals surface area contributed by atoms with Gasteiger partial charge in [-0.3, -0.25) is 0 Å². The van der Waals surface area contributed by atoms with Crippen molar-refractivity contribution in [2.75, 3.05) is 0 Å². The fraction of sp³-hybridized carbons (Fsp3) is 0.500. The molecule has 0 fully saturated rings. The summed E-state index contributed by atoms with van der Waals surface area (Å²) in [6.07, 6.45) is 7.66. The van der Waals surface area contributed by atoms with Crippen LogP contribution in [0.5, 0.6) is 0 Å². The van der Waals surface area contributed by atoms with E-state index in [4.69, 9.17) is 0 Å². The molecule has 0 aliphatic heterocycles. The lowest BCUT2D eigenvalue weighted by atomic mass is 10.1. The van der Waals surface area contributed by atoms with Gasteiger partial charge < -0.3 is 0 Å². The topological polar surface area (TPSA) is 0 Å². The fourth-order valence-corrected chi connectivity index (χ4v) is 4.04. The summed E-state index contributed by atoms with van der Waals surface area (Å²) in [6.45, 7) is 4.51. The van der Waals surface area contributed by atoms with Crippen molar-refractivity contribution in [1.29, 1.82) is 0 Å². The van der Waals surface area contributed by atoms with Gasteiger partial charge in [0, 0.05) is 9.75 Å². The lowest BCUT2D eigenvalue weighted by molar-refractivity contribution is 0.797. The Morgan fingerprint density at radius 2 is 1.22 bits per heavy atom. The second kappa shape index (κ2) is 7.10. The lowest BCUT2D eigenvalue weighted by Crippen LogP contribution is -1.79. The molecule has 0 aromatic carbocycles. The molecule has 2 heterocycles. The van der Waals surface area contributed by atoms with Gasteiger partial charge in [-0.05, 0) is 59.7 Å². The largest absolute Gasteiger partial charge is 0.143 e. The maximum atomic E-state index is 2.38. The van der Waals surface area contributed by atoms with E-state index in [0.717, 1.165) is 0 Å². The molecule has 0 saturated heterocycles. The molecule has 0 nitrogen and oxygen atoms in total. The summed E-state index contributed by atoms with van der Waals surface area (Å²) in [7, 11) is 0. The van der Waals surface area contributed by atoms with E-state index in [1.54, 1.807) is 0 Å². The van der Waals surface area contributed by atoms with Gasteiger partial charge in [-0.1, -0.05) is 26.7 Å². The minimum Gasteiger partial charge on any atom is -0.143 e. The summed E-state index contributed by atoms with van der Waals surface area (Å²) in [4.78, 5) is 2.91. The molecule has 2 rings (SSSR count). The molecule has 0 aliphatic rings. The summed E-state index contributed by atoms with van der Waals surface area (Å²) in [6, 6.07) is 4.77. The van der Waals surface area contributed by atoms with Gasteiger partial charge in [-0.15, -0.1) is 22.7 Å². The molecule has 0 saturated carbocycles. The Kier molecular flexibility index (Phi) is 5.45. The first kappa shape index (κ1) is 13.8. The first-order valence-electron chi connectivity index (χ1n) is 6.98. The van der Waals surface area contributed by atoms with Gasteiger partial charge in [0.1, 0.15) is 0 Å². The van der Waals surface area contributed by atoms with Crippen molar-refractivity contribution in [2.45, 2.75) is 52.4 Å². The van der Waals surface area contributed by atoms with Crippen LogP contribution < -0.4 is 0 Å². The van der Waals surface area contributed by atoms with Crippen molar-refractivity contribution < 1.29 is 0 Å². The zero-order chi connectivity index (χ0) is 12.8. The maximum absolute atomic E-state index is 2.38. The molecule has 98 valence electrons. The van der Waals surface area contributed by atoms with Crippen LogP contribution in [-0.4, -0.2) is 0 Å². The third-order valence-corrected chi connectivity index (χ3v) is 5.34. The van der Waals surface area contributed by atoms with Crippen molar-refractivity contribution in [1.82, 2.24) is 0 Å². The molecule has 0 amide bonds. The molecule has 2 aromatic rings. The van der Waals surface area contributed by atoms with Gasteiger partial charge in [0.2, 0.25) is 0 Å². The van der Waals surface area contributed by atoms with E-state index in [1.807, 2.05) is 22.7 Å². The first-order valence-corrected chi connectivity index (χ1v) is 8.74. The Morgan fingerprint density at radius 1 is 0.778 bits per heavy atom. The quantitative estimate of drug-likeness (QED) is 0.569. The number of rotatable bonds is 7. The smallest absolute Gasteiger partial charge is 0.0445 e. The average molecular weight is 278 g/mol. The van der Waals surface area contributed by atoms with Crippen molar-refractivity contribution in [3.05, 3.63) is 34.0 Å². The van der Waals surface area contributed by atoms with E-state index in [9.17, 15) is 0 Å². The molecule has 0 spiro atoms. The molecule has 0 radical (unpaired) electrons. The van der Waals surface area contributed by atoms with Crippen molar-refractivity contribution >= 4 is 22.7 Å². The van der Waals surface area contributed by atoms with Crippen LogP contribution in [0.4, 0.5) is 0 Å². The number of thiophene rings is 2. The highest BCUT2D eigenvalue weighted by atomic mass is 32.1. The number of hydrogen-bond donors (Lipinski definition) is 0. The molecule has 0 aliphatic carbocycles. The predicted octanol–water partition coefficient (Wildman–Crippen LogP) is 6.16. The lowest BCUT2D eigenvalue weighted by Gasteiger charge is -1.93. The Morgan fingerprint density at radius 3 is 1.61 bits per heavy atom. The van der Waals surface area contributed by atoms with Gasteiger partial charge in [-0.2, -0.15) is 0 Å². The van der Waals surface area contributed by atoms with Crippen molar-refractivity contribution in [3.8, 4) is 9.75 Å². The van der Waals surface area contributed by atoms with E-state index in [2.05, 4.69) is 36.7 Å². The second-order valence-corrected chi connectivity index (χ2v) is 6.67. The Bertz CT molecular complexity index is 421. The zero-order valence-corrected chi connectivity index (χ0v) is 13.0. The van der Waals surface area contributed by atoms with Crippen molar-refractivity contribution in [2.24, 2.45) is 0 Å². The van der Waals surface area contributed by atoms with Crippen LogP contribution in [0.3, 0.4) is 0 Å². The maximum Gasteiger partial charge on any atom is 0.0445 e. The van der Waals surface area contributed by atoms with Crippen LogP contribution in [0, 0.1) is 0 Å². The Hall–Kier alpha value is -0.600. The molecule has 0 atom stereocenters. The summed E-state index contributed by atoms with van der Waals surface area (Å²) >= 11 is 3.80. The standard InChI is InChI=1S/C16H22S2/c1-3-5-7-13-9-15(17-11-13)16-10-14(12-18-16)8-6-4-2/h9-12H,3-8H2,1-2H3. The summed E-state index contributed by atoms with van der Waals surface area (Å²) in [5.41, 5.74) is 3.03. The van der Waals surface area contributed by atoms with Crippen molar-refractivity contribution in [3.63, 3.8) is 0 Å². The van der Waals surface area contributed by atoms with Crippen LogP contribution in [0.2, 0.25) is 0 Å². The minimum absolute atomic E-state index is 1.24. The highest BCUT2D eigenvalue weighted by Crippen LogP contribution is 2.33. The van der Waals surface area contributed by atoms with Gasteiger partial charge in [0.05, 0.1) is 0 Å². The van der Waals surface area contributed by atoms with Crippen LogP contribution in [0.25, 0.3) is 9.75 Å². The third-order valence-electron chi connectivity index (χ3n) is 3.19. The third kappa shape index (κ3) is 3.69. The minimum atomic E-state index is 1.24. The highest BCUT2D eigenvalue weighted by Gasteiger charge is 2.06. The number of hydrogen-bond acceptors (Lipinski definition) is 2. The normalized spacial score (nSPS) is 11.0. The Balaban J connectivity index is 2.01. The van der Waals surface area contributed by atoms with Gasteiger partial charge in [0.25, 0.3) is 0 Å². The van der Waals surface area contributed by atoms with Crippen LogP contribution in [-0.2, 0) is 12.8 Å². The molecular formula is C16H22S2. The molecule has 2 heteroatoms. The SMILES string of the molecule is CCCCc1csc(-c2cc(CCCC)cs2)c1. The zero-order valence-electron chi connectivity index (χ0n) is 11.4. The average Bonchev–Trinajstić information content (AvgIpc) is 3.02. The van der Waals surface area contributed by atoms with E-state index < -0.39 is 0 Å². The van der Waals surface area contributed by atoms with E-state index >= 15 is 0 Å². The fourth-order valence-electron chi connectivity index (χ4n) is 2.03. The molecule has 0 N–H and O–H groups in total. The molecule has 18 heavy (non-hydrogen) atoms. The second-order valence-electron chi connectivity index (χ2n) is 4.85. The summed E-state index contributed by atoms with van der Waals surface area (Å²) in [5.74, 6) is 0. The summed E-state index contributed by atoms with van der Waals surface area (Å²) < 4.78 is 0. The van der Waals surface area contributed by atoms with Gasteiger partial charge in [0.15, 0.2) is 0 Å². The molecule has 0 bridgehead atoms. The van der Waals surface area contributed by atoms with Gasteiger partial charge in [-0.25, -0.2) is 0 Å². The molecular weight excluding hydrogens is 256 g/mol. The van der Waals surface area contributed by atoms with E-state index in [0.29, 0.717) is 0 Å². The van der Waals surface area contributed by atoms with Gasteiger partial charge >= 0.3 is 0 Å². The van der Waals surface area contributed by atoms with Crippen LogP contribution in [0.15, 0.2) is 22.9 Å². The Labute approximate surface area is 119 Å². The monoisotopic (exact) mass is 278 g/mol. The summed E-state index contributed by atoms with van der Waals surface area (Å²) in [5, 5.41) is 4.66. The van der Waals surface area contributed by atoms with E-state index in [-0.39, 0.29) is 0 Å². The molecule has 2 aromatic heterocycles. The van der Waals surface area contributed by atoms with Crippen LogP contribution in [0.1, 0.15) is 50.7 Å². The number of aryl methyl sites for hydroxylation is 2. The predicted molar refractivity (Wildman–Crippen MR) is 84.9 cm³/mol. The van der Waals surface area contributed by atoms with Crippen LogP contribution >= 0.6 is 22.7 Å². The van der Waals surface area contributed by atoms with E-state index in [1.165, 1.54) is 59.4 Å².